The van der Waals surface area contributed by atoms with Crippen LogP contribution in [-0.2, 0) is 4.74 Å². The monoisotopic (exact) mass is 277 g/mol. The van der Waals surface area contributed by atoms with E-state index in [-0.39, 0.29) is 5.82 Å². The zero-order valence-corrected chi connectivity index (χ0v) is 10.9. The number of nitrogens with zero attached hydrogens (tertiary/aromatic N) is 1. The van der Waals surface area contributed by atoms with Gasteiger partial charge in [0.15, 0.2) is 0 Å². The van der Waals surface area contributed by atoms with Crippen molar-refractivity contribution in [1.82, 2.24) is 4.98 Å². The van der Waals surface area contributed by atoms with Gasteiger partial charge in [0.05, 0.1) is 24.6 Å². The van der Waals surface area contributed by atoms with Crippen molar-refractivity contribution in [3.63, 3.8) is 0 Å². The Morgan fingerprint density at radius 3 is 2.89 bits per heavy atom. The van der Waals surface area contributed by atoms with Crippen molar-refractivity contribution in [3.8, 4) is 0 Å². The van der Waals surface area contributed by atoms with Gasteiger partial charge < -0.3 is 15.8 Å². The summed E-state index contributed by atoms with van der Waals surface area (Å²) in [5.74, 6) is -0.240. The summed E-state index contributed by atoms with van der Waals surface area (Å²) in [5.41, 5.74) is 7.13. The number of esters is 1. The number of anilines is 3. The van der Waals surface area contributed by atoms with Gasteiger partial charge in [-0.25, -0.2) is 9.78 Å². The molecule has 2 rings (SSSR count). The first kappa shape index (κ1) is 13.2. The number of rotatable bonds is 3. The highest BCUT2D eigenvalue weighted by Gasteiger charge is 2.13. The molecular weight excluding hydrogens is 266 g/mol. The standard InChI is InChI=1S/C13H12ClN3O2/c1-19-13(18)10-6-12(15)16-7-11(10)17-9-4-2-3-8(14)5-9/h2-7,17H,1H3,(H2,15,16). The van der Waals surface area contributed by atoms with Crippen LogP contribution in [0.2, 0.25) is 5.02 Å². The molecule has 6 heteroatoms. The molecule has 0 spiro atoms. The van der Waals surface area contributed by atoms with Crippen molar-refractivity contribution >= 4 is 34.8 Å². The Bertz CT molecular complexity index is 617. The summed E-state index contributed by atoms with van der Waals surface area (Å²) >= 11 is 5.90. The van der Waals surface area contributed by atoms with Gasteiger partial charge in [0.2, 0.25) is 0 Å². The van der Waals surface area contributed by atoms with E-state index in [0.29, 0.717) is 16.3 Å². The lowest BCUT2D eigenvalue weighted by molar-refractivity contribution is 0.0602. The number of aromatic nitrogens is 1. The summed E-state index contributed by atoms with van der Waals surface area (Å²) < 4.78 is 4.71. The van der Waals surface area contributed by atoms with Crippen molar-refractivity contribution in [2.24, 2.45) is 0 Å². The van der Waals surface area contributed by atoms with Crippen molar-refractivity contribution < 1.29 is 9.53 Å². The second kappa shape index (κ2) is 5.58. The number of pyridine rings is 1. The number of halogens is 1. The molecule has 3 N–H and O–H groups in total. The molecule has 0 aliphatic heterocycles. The minimum Gasteiger partial charge on any atom is -0.465 e. The van der Waals surface area contributed by atoms with Crippen LogP contribution in [0.5, 0.6) is 0 Å². The zero-order valence-electron chi connectivity index (χ0n) is 10.2. The topological polar surface area (TPSA) is 77.2 Å². The Labute approximate surface area is 115 Å². The van der Waals surface area contributed by atoms with E-state index in [1.165, 1.54) is 19.4 Å². The van der Waals surface area contributed by atoms with Gasteiger partial charge in [-0.15, -0.1) is 0 Å². The van der Waals surface area contributed by atoms with Gasteiger partial charge in [-0.05, 0) is 24.3 Å². The Morgan fingerprint density at radius 1 is 1.42 bits per heavy atom. The number of ether oxygens (including phenoxy) is 1. The predicted molar refractivity (Wildman–Crippen MR) is 74.7 cm³/mol. The number of hydrogen-bond acceptors (Lipinski definition) is 5. The SMILES string of the molecule is COC(=O)c1cc(N)ncc1Nc1cccc(Cl)c1. The van der Waals surface area contributed by atoms with E-state index in [0.717, 1.165) is 5.69 Å². The van der Waals surface area contributed by atoms with Crippen molar-refractivity contribution in [2.75, 3.05) is 18.2 Å². The van der Waals surface area contributed by atoms with E-state index in [1.54, 1.807) is 18.2 Å². The first-order chi connectivity index (χ1) is 9.10. The van der Waals surface area contributed by atoms with Crippen LogP contribution in [0.1, 0.15) is 10.4 Å². The second-order valence-corrected chi connectivity index (χ2v) is 4.22. The lowest BCUT2D eigenvalue weighted by atomic mass is 10.2. The maximum atomic E-state index is 11.7. The first-order valence-electron chi connectivity index (χ1n) is 5.46. The van der Waals surface area contributed by atoms with Crippen LogP contribution in [-0.4, -0.2) is 18.1 Å². The predicted octanol–water partition coefficient (Wildman–Crippen LogP) is 2.85. The molecule has 1 aromatic heterocycles. The minimum atomic E-state index is -0.487. The molecule has 1 aromatic carbocycles. The Balaban J connectivity index is 2.37. The number of nitrogens with two attached hydrogens (primary N) is 1. The van der Waals surface area contributed by atoms with Crippen molar-refractivity contribution in [3.05, 3.63) is 47.1 Å². The third-order valence-corrected chi connectivity index (χ3v) is 2.67. The highest BCUT2D eigenvalue weighted by molar-refractivity contribution is 6.30. The van der Waals surface area contributed by atoms with Crippen LogP contribution in [0.4, 0.5) is 17.2 Å². The Kier molecular flexibility index (Phi) is 3.87. The first-order valence-corrected chi connectivity index (χ1v) is 5.84. The fraction of sp³-hybridized carbons (Fsp3) is 0.0769. The molecule has 2 aromatic rings. The van der Waals surface area contributed by atoms with Gasteiger partial charge in [-0.2, -0.15) is 0 Å². The molecule has 0 fully saturated rings. The summed E-state index contributed by atoms with van der Waals surface area (Å²) in [6.07, 6.45) is 1.47. The average Bonchev–Trinajstić information content (AvgIpc) is 2.40. The number of benzene rings is 1. The molecule has 0 unspecified atom stereocenters. The molecule has 0 saturated heterocycles. The molecule has 19 heavy (non-hydrogen) atoms. The van der Waals surface area contributed by atoms with Crippen LogP contribution in [0.25, 0.3) is 0 Å². The lowest BCUT2D eigenvalue weighted by Crippen LogP contribution is -2.07. The van der Waals surface area contributed by atoms with Crippen LogP contribution in [0.15, 0.2) is 36.5 Å². The summed E-state index contributed by atoms with van der Waals surface area (Å²) in [5, 5.41) is 3.64. The third-order valence-electron chi connectivity index (χ3n) is 2.43. The van der Waals surface area contributed by atoms with Gasteiger partial charge in [-0.1, -0.05) is 17.7 Å². The minimum absolute atomic E-state index is 0.247. The van der Waals surface area contributed by atoms with E-state index in [9.17, 15) is 4.79 Å². The number of nitrogens with one attached hydrogen (secondary N) is 1. The molecular formula is C13H12ClN3O2. The maximum Gasteiger partial charge on any atom is 0.340 e. The van der Waals surface area contributed by atoms with Gasteiger partial charge in [0, 0.05) is 10.7 Å². The second-order valence-electron chi connectivity index (χ2n) is 3.78. The van der Waals surface area contributed by atoms with E-state index >= 15 is 0 Å². The molecule has 0 atom stereocenters. The molecule has 0 aliphatic carbocycles. The number of hydrogen-bond donors (Lipinski definition) is 2. The summed E-state index contributed by atoms with van der Waals surface area (Å²) in [4.78, 5) is 15.6. The fourth-order valence-electron chi connectivity index (χ4n) is 1.57. The molecule has 0 amide bonds. The molecule has 0 bridgehead atoms. The zero-order chi connectivity index (χ0) is 13.8. The van der Waals surface area contributed by atoms with Crippen LogP contribution in [0.3, 0.4) is 0 Å². The molecule has 0 saturated carbocycles. The van der Waals surface area contributed by atoms with Crippen LogP contribution >= 0.6 is 11.6 Å². The largest absolute Gasteiger partial charge is 0.465 e. The lowest BCUT2D eigenvalue weighted by Gasteiger charge is -2.11. The van der Waals surface area contributed by atoms with Crippen LogP contribution < -0.4 is 11.1 Å². The van der Waals surface area contributed by atoms with Crippen molar-refractivity contribution in [2.45, 2.75) is 0 Å². The molecule has 0 aliphatic rings. The van der Waals surface area contributed by atoms with Gasteiger partial charge in [0.1, 0.15) is 5.82 Å². The highest BCUT2D eigenvalue weighted by atomic mass is 35.5. The summed E-state index contributed by atoms with van der Waals surface area (Å²) in [7, 11) is 1.31. The van der Waals surface area contributed by atoms with Gasteiger partial charge >= 0.3 is 5.97 Å². The van der Waals surface area contributed by atoms with E-state index < -0.39 is 5.97 Å². The number of carbonyl (C=O) groups is 1. The fourth-order valence-corrected chi connectivity index (χ4v) is 1.76. The van der Waals surface area contributed by atoms with Gasteiger partial charge in [0.25, 0.3) is 0 Å². The number of carbonyl (C=O) groups excluding carboxylic acids is 1. The van der Waals surface area contributed by atoms with E-state index in [4.69, 9.17) is 22.1 Å². The maximum absolute atomic E-state index is 11.7. The normalized spacial score (nSPS) is 10.0. The summed E-state index contributed by atoms with van der Waals surface area (Å²) in [6.45, 7) is 0. The molecule has 1 heterocycles. The number of methoxy groups -OCH3 is 1. The van der Waals surface area contributed by atoms with Crippen LogP contribution in [0, 0.1) is 0 Å². The molecule has 0 radical (unpaired) electrons. The Hall–Kier alpha value is -2.27. The molecule has 98 valence electrons. The number of nitrogen functional groups attached to an aromatic ring is 1. The summed E-state index contributed by atoms with van der Waals surface area (Å²) in [6, 6.07) is 8.57. The van der Waals surface area contributed by atoms with Crippen molar-refractivity contribution in [1.29, 1.82) is 0 Å². The average molecular weight is 278 g/mol. The van der Waals surface area contributed by atoms with Gasteiger partial charge in [-0.3, -0.25) is 0 Å². The third kappa shape index (κ3) is 3.14. The molecule has 5 nitrogen and oxygen atoms in total. The van der Waals surface area contributed by atoms with E-state index in [1.807, 2.05) is 6.07 Å². The Morgan fingerprint density at radius 2 is 2.21 bits per heavy atom. The highest BCUT2D eigenvalue weighted by Crippen LogP contribution is 2.24. The quantitative estimate of drug-likeness (QED) is 0.844. The smallest absolute Gasteiger partial charge is 0.340 e. The van der Waals surface area contributed by atoms with E-state index in [2.05, 4.69) is 10.3 Å².